The highest BCUT2D eigenvalue weighted by Crippen LogP contribution is 1.92. The third-order valence-electron chi connectivity index (χ3n) is 1.83. The maximum Gasteiger partial charge on any atom is 0.304 e. The highest BCUT2D eigenvalue weighted by atomic mass is 32.2. The van der Waals surface area contributed by atoms with E-state index in [2.05, 4.69) is 5.32 Å². The Hall–Kier alpha value is -0.620. The fourth-order valence-corrected chi connectivity index (χ4v) is 1.66. The van der Waals surface area contributed by atoms with E-state index in [0.717, 1.165) is 0 Å². The van der Waals surface area contributed by atoms with Gasteiger partial charge in [0.15, 0.2) is 9.84 Å². The highest BCUT2D eigenvalue weighted by Gasteiger charge is 2.10. The van der Waals surface area contributed by atoms with Gasteiger partial charge in [-0.25, -0.2) is 8.42 Å². The Bertz CT molecular complexity index is 273. The van der Waals surface area contributed by atoms with Crippen molar-refractivity contribution in [3.05, 3.63) is 0 Å². The molecule has 0 spiro atoms. The van der Waals surface area contributed by atoms with Gasteiger partial charge >= 0.3 is 5.97 Å². The predicted octanol–water partition coefficient (Wildman–Crippen LogP) is -0.126. The van der Waals surface area contributed by atoms with Crippen LogP contribution in [0.25, 0.3) is 0 Å². The summed E-state index contributed by atoms with van der Waals surface area (Å²) < 4.78 is 22.1. The minimum absolute atomic E-state index is 0.00612. The van der Waals surface area contributed by atoms with Crippen molar-refractivity contribution < 1.29 is 18.3 Å². The van der Waals surface area contributed by atoms with Gasteiger partial charge in [-0.15, -0.1) is 0 Å². The van der Waals surface area contributed by atoms with Gasteiger partial charge in [-0.2, -0.15) is 0 Å². The summed E-state index contributed by atoms with van der Waals surface area (Å²) in [6.45, 7) is 3.62. The summed E-state index contributed by atoms with van der Waals surface area (Å²) in [5.74, 6) is -0.696. The van der Waals surface area contributed by atoms with Crippen molar-refractivity contribution in [2.75, 3.05) is 18.1 Å². The van der Waals surface area contributed by atoms with E-state index in [0.29, 0.717) is 6.54 Å². The van der Waals surface area contributed by atoms with Crippen LogP contribution in [0.5, 0.6) is 0 Å². The zero-order valence-corrected chi connectivity index (χ0v) is 9.30. The molecular formula is C8H17NO4S. The molecule has 0 aromatic carbocycles. The van der Waals surface area contributed by atoms with Crippen molar-refractivity contribution >= 4 is 15.8 Å². The number of rotatable bonds is 7. The Balaban J connectivity index is 3.69. The maximum absolute atomic E-state index is 11.0. The van der Waals surface area contributed by atoms with Crippen LogP contribution in [0.15, 0.2) is 0 Å². The molecule has 0 fully saturated rings. The van der Waals surface area contributed by atoms with Gasteiger partial charge in [-0.1, -0.05) is 6.92 Å². The van der Waals surface area contributed by atoms with Crippen molar-refractivity contribution in [3.8, 4) is 0 Å². The van der Waals surface area contributed by atoms with E-state index < -0.39 is 15.8 Å². The van der Waals surface area contributed by atoms with Crippen LogP contribution < -0.4 is 5.32 Å². The van der Waals surface area contributed by atoms with Gasteiger partial charge in [-0.3, -0.25) is 4.79 Å². The molecule has 0 aliphatic heterocycles. The second-order valence-corrected chi connectivity index (χ2v) is 5.66. The Morgan fingerprint density at radius 3 is 2.50 bits per heavy atom. The van der Waals surface area contributed by atoms with E-state index in [9.17, 15) is 13.2 Å². The summed E-state index contributed by atoms with van der Waals surface area (Å²) >= 11 is 0. The molecule has 1 unspecified atom stereocenters. The minimum Gasteiger partial charge on any atom is -0.481 e. The molecule has 0 aromatic heterocycles. The van der Waals surface area contributed by atoms with Crippen LogP contribution in [0.4, 0.5) is 0 Å². The standard InChI is InChI=1S/C8H17NO4S/c1-3-14(12,13)5-4-9-7(2)6-8(10)11/h7,9H,3-6H2,1-2H3,(H,10,11). The monoisotopic (exact) mass is 223 g/mol. The van der Waals surface area contributed by atoms with E-state index in [4.69, 9.17) is 5.11 Å². The van der Waals surface area contributed by atoms with E-state index in [1.807, 2.05) is 0 Å². The zero-order chi connectivity index (χ0) is 11.2. The number of hydrogen-bond donors (Lipinski definition) is 2. The Labute approximate surface area is 84.4 Å². The minimum atomic E-state index is -2.95. The third kappa shape index (κ3) is 6.85. The molecule has 0 amide bonds. The van der Waals surface area contributed by atoms with Crippen LogP contribution in [-0.2, 0) is 14.6 Å². The molecule has 14 heavy (non-hydrogen) atoms. The summed E-state index contributed by atoms with van der Waals surface area (Å²) in [6, 6.07) is -0.195. The van der Waals surface area contributed by atoms with Crippen molar-refractivity contribution in [2.24, 2.45) is 0 Å². The van der Waals surface area contributed by atoms with Gasteiger partial charge in [-0.05, 0) is 6.92 Å². The van der Waals surface area contributed by atoms with Gasteiger partial charge < -0.3 is 10.4 Å². The lowest BCUT2D eigenvalue weighted by atomic mass is 10.2. The van der Waals surface area contributed by atoms with Gasteiger partial charge in [0.2, 0.25) is 0 Å². The van der Waals surface area contributed by atoms with Crippen LogP contribution >= 0.6 is 0 Å². The second-order valence-electron chi connectivity index (χ2n) is 3.19. The number of nitrogens with one attached hydrogen (secondary N) is 1. The number of hydrogen-bond acceptors (Lipinski definition) is 4. The molecule has 6 heteroatoms. The van der Waals surface area contributed by atoms with E-state index in [-0.39, 0.29) is 24.0 Å². The SMILES string of the molecule is CCS(=O)(=O)CCNC(C)CC(=O)O. The number of carbonyl (C=O) groups is 1. The summed E-state index contributed by atoms with van der Waals surface area (Å²) in [4.78, 5) is 10.3. The fraction of sp³-hybridized carbons (Fsp3) is 0.875. The summed E-state index contributed by atoms with van der Waals surface area (Å²) in [5, 5.41) is 11.3. The number of aliphatic carboxylic acids is 1. The van der Waals surface area contributed by atoms with Gasteiger partial charge in [0, 0.05) is 18.3 Å². The fourth-order valence-electron chi connectivity index (χ4n) is 0.939. The molecule has 0 saturated heterocycles. The van der Waals surface area contributed by atoms with Crippen LogP contribution in [0.3, 0.4) is 0 Å². The normalized spacial score (nSPS) is 13.9. The largest absolute Gasteiger partial charge is 0.481 e. The predicted molar refractivity (Wildman–Crippen MR) is 54.0 cm³/mol. The smallest absolute Gasteiger partial charge is 0.304 e. The molecule has 0 aliphatic rings. The molecule has 0 aromatic rings. The van der Waals surface area contributed by atoms with E-state index in [1.165, 1.54) is 0 Å². The Kier molecular flexibility index (Phi) is 5.71. The quantitative estimate of drug-likeness (QED) is 0.628. The summed E-state index contributed by atoms with van der Waals surface area (Å²) in [5.41, 5.74) is 0. The maximum atomic E-state index is 11.0. The van der Waals surface area contributed by atoms with Gasteiger partial charge in [0.25, 0.3) is 0 Å². The van der Waals surface area contributed by atoms with Crippen LogP contribution in [0, 0.1) is 0 Å². The molecule has 2 N–H and O–H groups in total. The Morgan fingerprint density at radius 1 is 1.50 bits per heavy atom. The first kappa shape index (κ1) is 13.4. The zero-order valence-electron chi connectivity index (χ0n) is 8.49. The number of carboxylic acids is 1. The lowest BCUT2D eigenvalue weighted by Crippen LogP contribution is -2.32. The molecule has 0 radical (unpaired) electrons. The molecule has 0 bridgehead atoms. The molecule has 0 aliphatic carbocycles. The first-order chi connectivity index (χ1) is 6.37. The average molecular weight is 223 g/mol. The van der Waals surface area contributed by atoms with Gasteiger partial charge in [0.05, 0.1) is 12.2 Å². The van der Waals surface area contributed by atoms with Crippen LogP contribution in [0.2, 0.25) is 0 Å². The number of sulfone groups is 1. The lowest BCUT2D eigenvalue weighted by molar-refractivity contribution is -0.137. The number of carboxylic acid groups (broad SMARTS) is 1. The first-order valence-corrected chi connectivity index (χ1v) is 6.35. The second kappa shape index (κ2) is 5.98. The van der Waals surface area contributed by atoms with E-state index >= 15 is 0 Å². The van der Waals surface area contributed by atoms with E-state index in [1.54, 1.807) is 13.8 Å². The Morgan fingerprint density at radius 2 is 2.07 bits per heavy atom. The van der Waals surface area contributed by atoms with Crippen molar-refractivity contribution in [2.45, 2.75) is 26.3 Å². The third-order valence-corrected chi connectivity index (χ3v) is 3.53. The van der Waals surface area contributed by atoms with Crippen molar-refractivity contribution in [1.82, 2.24) is 5.32 Å². The van der Waals surface area contributed by atoms with Crippen LogP contribution in [-0.4, -0.2) is 43.6 Å². The molecular weight excluding hydrogens is 206 g/mol. The van der Waals surface area contributed by atoms with Crippen molar-refractivity contribution in [1.29, 1.82) is 0 Å². The highest BCUT2D eigenvalue weighted by molar-refractivity contribution is 7.91. The molecule has 0 rings (SSSR count). The van der Waals surface area contributed by atoms with Crippen molar-refractivity contribution in [3.63, 3.8) is 0 Å². The summed E-state index contributed by atoms with van der Waals surface area (Å²) in [6.07, 6.45) is 0.00612. The average Bonchev–Trinajstić information content (AvgIpc) is 2.02. The van der Waals surface area contributed by atoms with Crippen LogP contribution in [0.1, 0.15) is 20.3 Å². The summed E-state index contributed by atoms with van der Waals surface area (Å²) in [7, 11) is -2.95. The van der Waals surface area contributed by atoms with Gasteiger partial charge in [0.1, 0.15) is 0 Å². The molecule has 5 nitrogen and oxygen atoms in total. The first-order valence-electron chi connectivity index (χ1n) is 4.53. The lowest BCUT2D eigenvalue weighted by Gasteiger charge is -2.10. The molecule has 0 saturated carbocycles. The molecule has 1 atom stereocenters. The topological polar surface area (TPSA) is 83.5 Å². The molecule has 0 heterocycles. The molecule has 84 valence electrons.